The zero-order valence-corrected chi connectivity index (χ0v) is 10.0. The second-order valence-electron chi connectivity index (χ2n) is 4.18. The molecule has 0 unspecified atom stereocenters. The minimum absolute atomic E-state index is 0.193. The van der Waals surface area contributed by atoms with Crippen molar-refractivity contribution in [1.29, 1.82) is 0 Å². The fourth-order valence-electron chi connectivity index (χ4n) is 1.95. The van der Waals surface area contributed by atoms with Gasteiger partial charge in [0.05, 0.1) is 6.04 Å². The Morgan fingerprint density at radius 2 is 2.37 bits per heavy atom. The Balaban J connectivity index is 2.37. The highest BCUT2D eigenvalue weighted by Gasteiger charge is 2.36. The predicted molar refractivity (Wildman–Crippen MR) is 63.6 cm³/mol. The number of nitrogens with zero attached hydrogens (tertiary/aromatic N) is 4. The Labute approximate surface area is 106 Å². The van der Waals surface area contributed by atoms with Crippen LogP contribution in [0.4, 0.5) is 0 Å². The SMILES string of the molecule is Cc1cn([C@H]2C[C@H](N=[N+]=[N-])[C@@H](C=O)O2)c(=O)[nH]c1=O. The molecule has 0 aliphatic carbocycles. The average molecular weight is 265 g/mol. The zero-order valence-electron chi connectivity index (χ0n) is 10.0. The molecule has 9 heteroatoms. The first-order valence-electron chi connectivity index (χ1n) is 5.54. The van der Waals surface area contributed by atoms with Gasteiger partial charge in [0.15, 0.2) is 0 Å². The molecule has 0 spiro atoms. The fraction of sp³-hybridized carbons (Fsp3) is 0.500. The third kappa shape index (κ3) is 2.42. The number of rotatable bonds is 3. The highest BCUT2D eigenvalue weighted by Crippen LogP contribution is 2.28. The lowest BCUT2D eigenvalue weighted by Gasteiger charge is -2.13. The second kappa shape index (κ2) is 5.09. The Bertz CT molecular complexity index is 657. The quantitative estimate of drug-likeness (QED) is 0.357. The number of aromatic nitrogens is 2. The van der Waals surface area contributed by atoms with Crippen LogP contribution in [0.15, 0.2) is 20.9 Å². The van der Waals surface area contributed by atoms with Gasteiger partial charge in [-0.15, -0.1) is 0 Å². The van der Waals surface area contributed by atoms with Crippen LogP contribution in [-0.4, -0.2) is 28.0 Å². The van der Waals surface area contributed by atoms with E-state index in [1.165, 1.54) is 10.8 Å². The maximum atomic E-state index is 11.7. The van der Waals surface area contributed by atoms with E-state index in [2.05, 4.69) is 15.0 Å². The molecule has 1 saturated heterocycles. The molecule has 1 aliphatic rings. The van der Waals surface area contributed by atoms with Crippen LogP contribution in [0, 0.1) is 6.92 Å². The minimum atomic E-state index is -0.889. The number of ether oxygens (including phenoxy) is 1. The van der Waals surface area contributed by atoms with Crippen molar-refractivity contribution in [3.8, 4) is 0 Å². The maximum absolute atomic E-state index is 11.7. The van der Waals surface area contributed by atoms with E-state index in [4.69, 9.17) is 10.3 Å². The third-order valence-electron chi connectivity index (χ3n) is 2.93. The van der Waals surface area contributed by atoms with Gasteiger partial charge < -0.3 is 9.53 Å². The number of hydrogen-bond acceptors (Lipinski definition) is 5. The van der Waals surface area contributed by atoms with E-state index in [0.717, 1.165) is 0 Å². The highest BCUT2D eigenvalue weighted by molar-refractivity contribution is 5.58. The van der Waals surface area contributed by atoms with Crippen molar-refractivity contribution in [2.75, 3.05) is 0 Å². The van der Waals surface area contributed by atoms with Crippen molar-refractivity contribution in [2.45, 2.75) is 31.7 Å². The Hall–Kier alpha value is -2.38. The third-order valence-corrected chi connectivity index (χ3v) is 2.93. The molecule has 2 heterocycles. The van der Waals surface area contributed by atoms with Gasteiger partial charge in [-0.2, -0.15) is 0 Å². The first-order chi connectivity index (χ1) is 9.06. The Kier molecular flexibility index (Phi) is 3.50. The van der Waals surface area contributed by atoms with Crippen molar-refractivity contribution in [3.63, 3.8) is 0 Å². The van der Waals surface area contributed by atoms with Crippen LogP contribution in [0.3, 0.4) is 0 Å². The topological polar surface area (TPSA) is 130 Å². The molecule has 19 heavy (non-hydrogen) atoms. The van der Waals surface area contributed by atoms with E-state index in [1.807, 2.05) is 0 Å². The van der Waals surface area contributed by atoms with Gasteiger partial charge in [-0.1, -0.05) is 5.11 Å². The van der Waals surface area contributed by atoms with Crippen LogP contribution in [0.1, 0.15) is 18.2 Å². The molecule has 1 N–H and O–H groups in total. The van der Waals surface area contributed by atoms with Crippen molar-refractivity contribution >= 4 is 6.29 Å². The molecule has 0 saturated carbocycles. The van der Waals surface area contributed by atoms with E-state index in [-0.39, 0.29) is 6.42 Å². The molecule has 1 aromatic rings. The smallest absolute Gasteiger partial charge is 0.330 e. The molecule has 9 nitrogen and oxygen atoms in total. The van der Waals surface area contributed by atoms with Crippen LogP contribution in [0.5, 0.6) is 0 Å². The van der Waals surface area contributed by atoms with Gasteiger partial charge in [-0.05, 0) is 12.5 Å². The van der Waals surface area contributed by atoms with Gasteiger partial charge in [-0.3, -0.25) is 14.3 Å². The monoisotopic (exact) mass is 265 g/mol. The number of H-pyrrole nitrogens is 1. The molecule has 0 radical (unpaired) electrons. The average Bonchev–Trinajstić information content (AvgIpc) is 2.77. The van der Waals surface area contributed by atoms with E-state index in [1.54, 1.807) is 6.92 Å². The van der Waals surface area contributed by atoms with Crippen LogP contribution >= 0.6 is 0 Å². The predicted octanol–water partition coefficient (Wildman–Crippen LogP) is 0.0103. The van der Waals surface area contributed by atoms with Gasteiger partial charge in [0.1, 0.15) is 18.6 Å². The highest BCUT2D eigenvalue weighted by atomic mass is 16.5. The summed E-state index contributed by atoms with van der Waals surface area (Å²) in [4.78, 5) is 38.5. The van der Waals surface area contributed by atoms with Crippen molar-refractivity contribution in [3.05, 3.63) is 43.0 Å². The van der Waals surface area contributed by atoms with Gasteiger partial charge >= 0.3 is 5.69 Å². The zero-order chi connectivity index (χ0) is 14.0. The summed E-state index contributed by atoms with van der Waals surface area (Å²) in [5, 5.41) is 3.46. The molecule has 2 rings (SSSR count). The lowest BCUT2D eigenvalue weighted by molar-refractivity contribution is -0.119. The molecule has 100 valence electrons. The van der Waals surface area contributed by atoms with Crippen molar-refractivity contribution < 1.29 is 9.53 Å². The van der Waals surface area contributed by atoms with Crippen molar-refractivity contribution in [1.82, 2.24) is 9.55 Å². The summed E-state index contributed by atoms with van der Waals surface area (Å²) < 4.78 is 6.53. The molecule has 0 amide bonds. The van der Waals surface area contributed by atoms with Crippen LogP contribution in [-0.2, 0) is 9.53 Å². The lowest BCUT2D eigenvalue weighted by atomic mass is 10.1. The molecule has 1 aromatic heterocycles. The van der Waals surface area contributed by atoms with Gasteiger partial charge in [0, 0.05) is 23.1 Å². The molecular weight excluding hydrogens is 254 g/mol. The summed E-state index contributed by atoms with van der Waals surface area (Å²) in [5.41, 5.74) is 7.64. The molecular formula is C10H11N5O4. The standard InChI is InChI=1S/C10H11N5O4/c1-5-3-15(10(18)12-9(5)17)8-2-6(13-14-11)7(4-16)19-8/h3-4,6-8H,2H2,1H3,(H,12,17,18)/t6-,7+,8+/m0/s1. The lowest BCUT2D eigenvalue weighted by Crippen LogP contribution is -2.33. The summed E-state index contributed by atoms with van der Waals surface area (Å²) in [6.07, 6.45) is 0.447. The first kappa shape index (κ1) is 13.1. The van der Waals surface area contributed by atoms with Gasteiger partial charge in [0.2, 0.25) is 0 Å². The maximum Gasteiger partial charge on any atom is 0.330 e. The second-order valence-corrected chi connectivity index (χ2v) is 4.18. The summed E-state index contributed by atoms with van der Waals surface area (Å²) >= 11 is 0. The first-order valence-corrected chi connectivity index (χ1v) is 5.54. The molecule has 3 atom stereocenters. The van der Waals surface area contributed by atoms with Crippen LogP contribution in [0.2, 0.25) is 0 Å². The number of azide groups is 1. The van der Waals surface area contributed by atoms with E-state index < -0.39 is 29.6 Å². The van der Waals surface area contributed by atoms with E-state index >= 15 is 0 Å². The number of nitrogens with one attached hydrogen (secondary N) is 1. The fourth-order valence-corrected chi connectivity index (χ4v) is 1.95. The minimum Gasteiger partial charge on any atom is -0.347 e. The van der Waals surface area contributed by atoms with E-state index in [9.17, 15) is 14.4 Å². The Morgan fingerprint density at radius 1 is 1.63 bits per heavy atom. The number of aldehydes is 1. The number of carbonyl (C=O) groups is 1. The molecule has 0 aromatic carbocycles. The Morgan fingerprint density at radius 3 is 3.00 bits per heavy atom. The van der Waals surface area contributed by atoms with Crippen LogP contribution in [0.25, 0.3) is 10.4 Å². The number of aryl methyl sites for hydroxylation is 1. The number of hydrogen-bond donors (Lipinski definition) is 1. The largest absolute Gasteiger partial charge is 0.347 e. The summed E-state index contributed by atoms with van der Waals surface area (Å²) in [5.74, 6) is 0. The number of carbonyl (C=O) groups excluding carboxylic acids is 1. The summed E-state index contributed by atoms with van der Waals surface area (Å²) in [6.45, 7) is 1.55. The van der Waals surface area contributed by atoms with E-state index in [0.29, 0.717) is 11.8 Å². The molecule has 1 aliphatic heterocycles. The number of aromatic amines is 1. The van der Waals surface area contributed by atoms with Crippen LogP contribution < -0.4 is 11.2 Å². The molecule has 0 bridgehead atoms. The summed E-state index contributed by atoms with van der Waals surface area (Å²) in [6, 6.07) is -0.661. The van der Waals surface area contributed by atoms with Gasteiger partial charge in [-0.25, -0.2) is 4.79 Å². The summed E-state index contributed by atoms with van der Waals surface area (Å²) in [7, 11) is 0. The molecule has 1 fully saturated rings. The van der Waals surface area contributed by atoms with Crippen molar-refractivity contribution in [2.24, 2.45) is 5.11 Å². The van der Waals surface area contributed by atoms with Gasteiger partial charge in [0.25, 0.3) is 5.56 Å². The normalized spacial score (nSPS) is 25.8.